The molecule has 3 aromatic carbocycles. The van der Waals surface area contributed by atoms with Crippen molar-refractivity contribution in [1.29, 1.82) is 0 Å². The van der Waals surface area contributed by atoms with E-state index in [0.717, 1.165) is 23.8 Å². The number of methoxy groups -OCH3 is 2. The number of fused-ring (bicyclic) bond motifs is 1. The fourth-order valence-corrected chi connectivity index (χ4v) is 5.02. The lowest BCUT2D eigenvalue weighted by atomic mass is 10.1. The van der Waals surface area contributed by atoms with Gasteiger partial charge in [-0.15, -0.1) is 11.6 Å². The summed E-state index contributed by atoms with van der Waals surface area (Å²) in [5.74, 6) is 2.97. The Morgan fingerprint density at radius 3 is 2.26 bits per heavy atom. The Balaban J connectivity index is 1.20. The summed E-state index contributed by atoms with van der Waals surface area (Å²) < 4.78 is 23.2. The van der Waals surface area contributed by atoms with Gasteiger partial charge in [0.05, 0.1) is 19.7 Å². The molecule has 1 fully saturated rings. The van der Waals surface area contributed by atoms with Crippen molar-refractivity contribution >= 4 is 45.8 Å². The summed E-state index contributed by atoms with van der Waals surface area (Å²) in [5.41, 5.74) is 2.77. The second kappa shape index (κ2) is 13.5. The average molecular weight is 605 g/mol. The number of carbonyl (C=O) groups is 2. The summed E-state index contributed by atoms with van der Waals surface area (Å²) in [4.78, 5) is 30.7. The Hall–Kier alpha value is -4.70. The number of piperidine rings is 1. The van der Waals surface area contributed by atoms with E-state index in [1.165, 1.54) is 0 Å². The molecule has 0 saturated carbocycles. The quantitative estimate of drug-likeness (QED) is 0.207. The van der Waals surface area contributed by atoms with E-state index in [4.69, 9.17) is 30.5 Å². The van der Waals surface area contributed by atoms with E-state index in [-0.39, 0.29) is 17.9 Å². The number of hydrogen-bond acceptors (Lipinski definition) is 7. The van der Waals surface area contributed by atoms with Gasteiger partial charge in [0.25, 0.3) is 0 Å². The van der Waals surface area contributed by atoms with E-state index >= 15 is 0 Å². The molecular weight excluding hydrogens is 572 g/mol. The number of aromatic nitrogens is 1. The highest BCUT2D eigenvalue weighted by molar-refractivity contribution is 6.27. The summed E-state index contributed by atoms with van der Waals surface area (Å²) in [6.07, 6.45) is 3.18. The predicted octanol–water partition coefficient (Wildman–Crippen LogP) is 6.61. The number of aryl methyl sites for hydroxylation is 1. The molecule has 10 nitrogen and oxygen atoms in total. The van der Waals surface area contributed by atoms with E-state index in [1.54, 1.807) is 55.6 Å². The van der Waals surface area contributed by atoms with Crippen LogP contribution in [0.1, 0.15) is 18.4 Å². The average Bonchev–Trinajstić information content (AvgIpc) is 3.03. The lowest BCUT2D eigenvalue weighted by Gasteiger charge is -2.31. The van der Waals surface area contributed by atoms with Crippen LogP contribution in [0.2, 0.25) is 0 Å². The van der Waals surface area contributed by atoms with Crippen molar-refractivity contribution < 1.29 is 28.5 Å². The smallest absolute Gasteiger partial charge is 0.323 e. The van der Waals surface area contributed by atoms with Crippen molar-refractivity contribution in [3.63, 3.8) is 0 Å². The highest BCUT2D eigenvalue weighted by atomic mass is 35.5. The summed E-state index contributed by atoms with van der Waals surface area (Å²) in [7, 11) is 3.15. The zero-order chi connectivity index (χ0) is 30.3. The predicted molar refractivity (Wildman–Crippen MR) is 166 cm³/mol. The minimum absolute atomic E-state index is 0.00177. The van der Waals surface area contributed by atoms with Gasteiger partial charge in [-0.3, -0.25) is 9.78 Å². The van der Waals surface area contributed by atoms with Crippen LogP contribution in [0.3, 0.4) is 0 Å². The highest BCUT2D eigenvalue weighted by Crippen LogP contribution is 2.38. The largest absolute Gasteiger partial charge is 0.493 e. The summed E-state index contributed by atoms with van der Waals surface area (Å²) >= 11 is 5.65. The van der Waals surface area contributed by atoms with Crippen LogP contribution in [0.25, 0.3) is 10.9 Å². The normalized spacial score (nSPS) is 13.3. The zero-order valence-electron chi connectivity index (χ0n) is 24.2. The van der Waals surface area contributed by atoms with Gasteiger partial charge in [-0.05, 0) is 55.0 Å². The van der Waals surface area contributed by atoms with E-state index in [1.807, 2.05) is 37.3 Å². The van der Waals surface area contributed by atoms with Gasteiger partial charge in [0.2, 0.25) is 5.91 Å². The molecule has 0 radical (unpaired) electrons. The molecule has 1 aromatic heterocycles. The van der Waals surface area contributed by atoms with E-state index in [0.29, 0.717) is 58.7 Å². The standard InChI is InChI=1S/C32H33ClN4O6/c1-20-4-5-22(16-28(20)43-27-10-13-34-26-18-30(41-3)29(40-2)17-25(26)27)36-32(39)35-21-6-8-23(9-7-21)42-24-11-14-37(15-12-24)31(38)19-33/h4-10,13,16-18,24H,11-12,14-15,19H2,1-3H3,(H2,35,36,39). The van der Waals surface area contributed by atoms with Gasteiger partial charge in [-0.1, -0.05) is 6.07 Å². The van der Waals surface area contributed by atoms with Crippen LogP contribution in [-0.2, 0) is 4.79 Å². The zero-order valence-corrected chi connectivity index (χ0v) is 24.9. The fraction of sp³-hybridized carbons (Fsp3) is 0.281. The maximum Gasteiger partial charge on any atom is 0.323 e. The number of nitrogens with one attached hydrogen (secondary N) is 2. The van der Waals surface area contributed by atoms with Gasteiger partial charge >= 0.3 is 6.03 Å². The van der Waals surface area contributed by atoms with Crippen LogP contribution < -0.4 is 29.6 Å². The minimum atomic E-state index is -0.397. The molecule has 0 spiro atoms. The Morgan fingerprint density at radius 2 is 1.56 bits per heavy atom. The lowest BCUT2D eigenvalue weighted by Crippen LogP contribution is -2.42. The maximum atomic E-state index is 12.8. The number of amides is 3. The number of carbonyl (C=O) groups excluding carboxylic acids is 2. The molecule has 1 saturated heterocycles. The first-order valence-corrected chi connectivity index (χ1v) is 14.4. The second-order valence-corrected chi connectivity index (χ2v) is 10.3. The van der Waals surface area contributed by atoms with Gasteiger partial charge in [0, 0.05) is 61.0 Å². The van der Waals surface area contributed by atoms with Crippen LogP contribution in [0.15, 0.2) is 66.9 Å². The van der Waals surface area contributed by atoms with Crippen LogP contribution in [0.5, 0.6) is 28.7 Å². The Morgan fingerprint density at radius 1 is 0.884 bits per heavy atom. The van der Waals surface area contributed by atoms with Crippen LogP contribution >= 0.6 is 11.6 Å². The molecule has 43 heavy (non-hydrogen) atoms. The maximum absolute atomic E-state index is 12.8. The van der Waals surface area contributed by atoms with Crippen LogP contribution in [0.4, 0.5) is 16.2 Å². The molecule has 0 bridgehead atoms. The second-order valence-electron chi connectivity index (χ2n) is 10.1. The van der Waals surface area contributed by atoms with E-state index in [9.17, 15) is 9.59 Å². The van der Waals surface area contributed by atoms with Crippen molar-refractivity contribution in [3.05, 3.63) is 72.4 Å². The molecule has 0 unspecified atom stereocenters. The molecular formula is C32H33ClN4O6. The molecule has 0 atom stereocenters. The summed E-state index contributed by atoms with van der Waals surface area (Å²) in [5, 5.41) is 6.46. The third-order valence-electron chi connectivity index (χ3n) is 7.20. The molecule has 2 N–H and O–H groups in total. The molecule has 2 heterocycles. The number of urea groups is 1. The Bertz CT molecular complexity index is 1610. The fourth-order valence-electron chi connectivity index (χ4n) is 4.85. The Kier molecular flexibility index (Phi) is 9.36. The highest BCUT2D eigenvalue weighted by Gasteiger charge is 2.23. The van der Waals surface area contributed by atoms with E-state index in [2.05, 4.69) is 15.6 Å². The molecule has 0 aliphatic carbocycles. The van der Waals surface area contributed by atoms with Crippen molar-refractivity contribution in [2.24, 2.45) is 0 Å². The van der Waals surface area contributed by atoms with Crippen molar-refractivity contribution in [2.75, 3.05) is 43.8 Å². The third kappa shape index (κ3) is 7.21. The van der Waals surface area contributed by atoms with Gasteiger partial charge in [-0.2, -0.15) is 0 Å². The number of pyridine rings is 1. The number of nitrogens with zero attached hydrogens (tertiary/aromatic N) is 2. The van der Waals surface area contributed by atoms with E-state index < -0.39 is 6.03 Å². The molecule has 4 aromatic rings. The number of anilines is 2. The first-order valence-electron chi connectivity index (χ1n) is 13.8. The molecule has 3 amide bonds. The first-order chi connectivity index (χ1) is 20.9. The molecule has 1 aliphatic heterocycles. The Labute approximate surface area is 254 Å². The molecule has 1 aliphatic rings. The number of ether oxygens (including phenoxy) is 4. The number of alkyl halides is 1. The molecule has 11 heteroatoms. The number of benzene rings is 3. The minimum Gasteiger partial charge on any atom is -0.493 e. The molecule has 5 rings (SSSR count). The van der Waals surface area contributed by atoms with Gasteiger partial charge in [0.15, 0.2) is 11.5 Å². The summed E-state index contributed by atoms with van der Waals surface area (Å²) in [6.45, 7) is 3.19. The summed E-state index contributed by atoms with van der Waals surface area (Å²) in [6, 6.07) is 17.6. The van der Waals surface area contributed by atoms with Gasteiger partial charge in [-0.25, -0.2) is 4.79 Å². The number of halogens is 1. The SMILES string of the molecule is COc1cc2nccc(Oc3cc(NC(=O)Nc4ccc(OC5CCN(C(=O)CCl)CC5)cc4)ccc3C)c2cc1OC. The lowest BCUT2D eigenvalue weighted by molar-refractivity contribution is -0.130. The number of hydrogen-bond donors (Lipinski definition) is 2. The monoisotopic (exact) mass is 604 g/mol. The van der Waals surface area contributed by atoms with Gasteiger partial charge < -0.3 is 34.5 Å². The van der Waals surface area contributed by atoms with Crippen LogP contribution in [0, 0.1) is 6.92 Å². The third-order valence-corrected chi connectivity index (χ3v) is 7.43. The number of rotatable bonds is 9. The number of likely N-dealkylation sites (tertiary alicyclic amines) is 1. The topological polar surface area (TPSA) is 111 Å². The van der Waals surface area contributed by atoms with Crippen molar-refractivity contribution in [3.8, 4) is 28.7 Å². The van der Waals surface area contributed by atoms with Crippen molar-refractivity contribution in [2.45, 2.75) is 25.9 Å². The van der Waals surface area contributed by atoms with Crippen molar-refractivity contribution in [1.82, 2.24) is 9.88 Å². The van der Waals surface area contributed by atoms with Crippen LogP contribution in [-0.4, -0.2) is 61.1 Å². The molecule has 224 valence electrons. The first kappa shape index (κ1) is 29.8. The van der Waals surface area contributed by atoms with Gasteiger partial charge in [0.1, 0.15) is 29.2 Å².